The van der Waals surface area contributed by atoms with Crippen molar-refractivity contribution in [1.82, 2.24) is 4.72 Å². The molecule has 0 bridgehead atoms. The molecular weight excluding hydrogens is 294 g/mol. The maximum absolute atomic E-state index is 12.4. The van der Waals surface area contributed by atoms with Crippen LogP contribution in [0.2, 0.25) is 0 Å². The van der Waals surface area contributed by atoms with Gasteiger partial charge in [-0.2, -0.15) is 0 Å². The summed E-state index contributed by atoms with van der Waals surface area (Å²) in [6.45, 7) is 6.13. The van der Waals surface area contributed by atoms with E-state index >= 15 is 0 Å². The van der Waals surface area contributed by atoms with Crippen LogP contribution in [0, 0.1) is 12.3 Å². The quantitative estimate of drug-likeness (QED) is 0.897. The van der Waals surface area contributed by atoms with Gasteiger partial charge in [-0.3, -0.25) is 0 Å². The molecule has 1 aliphatic rings. The van der Waals surface area contributed by atoms with E-state index in [0.717, 1.165) is 30.6 Å². The average molecular weight is 317 g/mol. The number of aliphatic hydroxyl groups is 1. The second-order valence-corrected chi connectivity index (χ2v) is 9.37. The van der Waals surface area contributed by atoms with E-state index < -0.39 is 10.0 Å². The molecule has 2 N–H and O–H groups in total. The number of sulfonamides is 1. The molecule has 0 amide bonds. The summed E-state index contributed by atoms with van der Waals surface area (Å²) in [5.74, 6) is 0. The van der Waals surface area contributed by atoms with Crippen LogP contribution in [0.3, 0.4) is 0 Å². The topological polar surface area (TPSA) is 66.4 Å². The lowest BCUT2D eigenvalue weighted by Crippen LogP contribution is -2.39. The predicted octanol–water partition coefficient (Wildman–Crippen LogP) is 2.80. The lowest BCUT2D eigenvalue weighted by atomic mass is 9.76. The summed E-state index contributed by atoms with van der Waals surface area (Å²) in [6.07, 6.45) is 3.87. The molecule has 2 rings (SSSR count). The van der Waals surface area contributed by atoms with Crippen molar-refractivity contribution in [3.05, 3.63) is 15.8 Å². The number of hydrogen-bond acceptors (Lipinski definition) is 4. The molecule has 0 spiro atoms. The van der Waals surface area contributed by atoms with E-state index in [1.54, 1.807) is 13.0 Å². The monoisotopic (exact) mass is 317 g/mol. The van der Waals surface area contributed by atoms with Gasteiger partial charge in [0, 0.05) is 15.8 Å². The van der Waals surface area contributed by atoms with E-state index in [2.05, 4.69) is 18.6 Å². The fourth-order valence-electron chi connectivity index (χ4n) is 2.67. The van der Waals surface area contributed by atoms with E-state index in [1.807, 2.05) is 0 Å². The predicted molar refractivity (Wildman–Crippen MR) is 81.3 cm³/mol. The second kappa shape index (κ2) is 5.75. The van der Waals surface area contributed by atoms with Crippen molar-refractivity contribution in [1.29, 1.82) is 0 Å². The highest BCUT2D eigenvalue weighted by atomic mass is 32.2. The number of hydrogen-bond donors (Lipinski definition) is 2. The largest absolute Gasteiger partial charge is 0.391 e. The Morgan fingerprint density at radius 2 is 2.00 bits per heavy atom. The summed E-state index contributed by atoms with van der Waals surface area (Å²) in [6, 6.07) is 1.61. The van der Waals surface area contributed by atoms with Crippen molar-refractivity contribution in [2.75, 3.05) is 0 Å². The molecule has 114 valence electrons. The standard InChI is InChI=1S/C14H23NO3S2/c1-10-13(8-12(9-16)19-10)20(17,18)15-11-4-6-14(2,3)7-5-11/h8,11,15-16H,4-7,9H2,1-3H3. The number of nitrogens with one attached hydrogen (secondary N) is 1. The van der Waals surface area contributed by atoms with E-state index in [0.29, 0.717) is 15.2 Å². The molecule has 1 fully saturated rings. The normalized spacial score (nSPS) is 20.2. The number of thiophene rings is 1. The van der Waals surface area contributed by atoms with Gasteiger partial charge in [-0.05, 0) is 44.1 Å². The first-order chi connectivity index (χ1) is 9.23. The highest BCUT2D eigenvalue weighted by Crippen LogP contribution is 2.35. The SMILES string of the molecule is Cc1sc(CO)cc1S(=O)(=O)NC1CCC(C)(C)CC1. The molecule has 1 aromatic rings. The van der Waals surface area contributed by atoms with Crippen molar-refractivity contribution < 1.29 is 13.5 Å². The van der Waals surface area contributed by atoms with Gasteiger partial charge in [0.05, 0.1) is 11.5 Å². The van der Waals surface area contributed by atoms with Crippen LogP contribution in [0.1, 0.15) is 49.3 Å². The lowest BCUT2D eigenvalue weighted by Gasteiger charge is -2.34. The Labute approximate surface area is 125 Å². The third-order valence-electron chi connectivity index (χ3n) is 4.03. The minimum Gasteiger partial charge on any atom is -0.391 e. The fraction of sp³-hybridized carbons (Fsp3) is 0.714. The van der Waals surface area contributed by atoms with Crippen molar-refractivity contribution in [2.45, 2.75) is 64.0 Å². The van der Waals surface area contributed by atoms with Gasteiger partial charge in [0.2, 0.25) is 10.0 Å². The highest BCUT2D eigenvalue weighted by Gasteiger charge is 2.30. The Bertz CT molecular complexity index is 565. The van der Waals surface area contributed by atoms with E-state index in [-0.39, 0.29) is 12.6 Å². The lowest BCUT2D eigenvalue weighted by molar-refractivity contribution is 0.218. The van der Waals surface area contributed by atoms with Crippen LogP contribution in [-0.2, 0) is 16.6 Å². The van der Waals surface area contributed by atoms with Crippen LogP contribution >= 0.6 is 11.3 Å². The molecule has 0 saturated heterocycles. The molecule has 0 atom stereocenters. The Morgan fingerprint density at radius 3 is 2.50 bits per heavy atom. The molecule has 1 aromatic heterocycles. The minimum absolute atomic E-state index is 0.0323. The highest BCUT2D eigenvalue weighted by molar-refractivity contribution is 7.89. The number of aliphatic hydroxyl groups excluding tert-OH is 1. The maximum Gasteiger partial charge on any atom is 0.241 e. The Kier molecular flexibility index (Phi) is 4.59. The van der Waals surface area contributed by atoms with Crippen LogP contribution < -0.4 is 4.72 Å². The van der Waals surface area contributed by atoms with Crippen molar-refractivity contribution in [2.24, 2.45) is 5.41 Å². The maximum atomic E-state index is 12.4. The molecule has 6 heteroatoms. The summed E-state index contributed by atoms with van der Waals surface area (Å²) in [7, 11) is -3.47. The van der Waals surface area contributed by atoms with Crippen LogP contribution in [0.25, 0.3) is 0 Å². The first-order valence-corrected chi connectivity index (χ1v) is 9.26. The fourth-order valence-corrected chi connectivity index (χ4v) is 5.47. The van der Waals surface area contributed by atoms with Gasteiger partial charge in [-0.15, -0.1) is 11.3 Å². The third kappa shape index (κ3) is 3.61. The molecule has 4 nitrogen and oxygen atoms in total. The van der Waals surface area contributed by atoms with Gasteiger partial charge in [-0.25, -0.2) is 13.1 Å². The average Bonchev–Trinajstić information content (AvgIpc) is 2.74. The van der Waals surface area contributed by atoms with Gasteiger partial charge < -0.3 is 5.11 Å². The van der Waals surface area contributed by atoms with Crippen molar-refractivity contribution >= 4 is 21.4 Å². The summed E-state index contributed by atoms with van der Waals surface area (Å²) in [4.78, 5) is 1.74. The molecule has 1 heterocycles. The Balaban J connectivity index is 2.10. The van der Waals surface area contributed by atoms with Crippen LogP contribution in [0.5, 0.6) is 0 Å². The molecular formula is C14H23NO3S2. The second-order valence-electron chi connectivity index (χ2n) is 6.35. The van der Waals surface area contributed by atoms with Gasteiger partial charge >= 0.3 is 0 Å². The van der Waals surface area contributed by atoms with Crippen LogP contribution in [-0.4, -0.2) is 19.6 Å². The smallest absolute Gasteiger partial charge is 0.241 e. The Morgan fingerprint density at radius 1 is 1.40 bits per heavy atom. The number of aryl methyl sites for hydroxylation is 1. The van der Waals surface area contributed by atoms with Crippen molar-refractivity contribution in [3.8, 4) is 0 Å². The summed E-state index contributed by atoms with van der Waals surface area (Å²) >= 11 is 1.33. The zero-order chi connectivity index (χ0) is 15.0. The first-order valence-electron chi connectivity index (χ1n) is 6.96. The van der Waals surface area contributed by atoms with Gasteiger partial charge in [0.15, 0.2) is 0 Å². The molecule has 0 aromatic carbocycles. The van der Waals surface area contributed by atoms with Gasteiger partial charge in [-0.1, -0.05) is 13.8 Å². The Hall–Kier alpha value is -0.430. The summed E-state index contributed by atoms with van der Waals surface area (Å²) < 4.78 is 27.7. The summed E-state index contributed by atoms with van der Waals surface area (Å²) in [5, 5.41) is 9.12. The molecule has 0 radical (unpaired) electrons. The van der Waals surface area contributed by atoms with E-state index in [9.17, 15) is 8.42 Å². The molecule has 20 heavy (non-hydrogen) atoms. The third-order valence-corrected chi connectivity index (χ3v) is 6.84. The molecule has 1 saturated carbocycles. The van der Waals surface area contributed by atoms with Crippen LogP contribution in [0.4, 0.5) is 0 Å². The number of rotatable bonds is 4. The van der Waals surface area contributed by atoms with E-state index in [4.69, 9.17) is 5.11 Å². The van der Waals surface area contributed by atoms with Gasteiger partial charge in [0.25, 0.3) is 0 Å². The minimum atomic E-state index is -3.47. The van der Waals surface area contributed by atoms with E-state index in [1.165, 1.54) is 11.3 Å². The molecule has 1 aliphatic carbocycles. The summed E-state index contributed by atoms with van der Waals surface area (Å²) in [5.41, 5.74) is 0.324. The van der Waals surface area contributed by atoms with Crippen LogP contribution in [0.15, 0.2) is 11.0 Å². The molecule has 0 unspecified atom stereocenters. The van der Waals surface area contributed by atoms with Gasteiger partial charge in [0.1, 0.15) is 0 Å². The zero-order valence-electron chi connectivity index (χ0n) is 12.3. The zero-order valence-corrected chi connectivity index (χ0v) is 13.9. The molecule has 0 aliphatic heterocycles. The first kappa shape index (κ1) is 15.9. The van der Waals surface area contributed by atoms with Crippen molar-refractivity contribution in [3.63, 3.8) is 0 Å².